The normalized spacial score (nSPS) is 12.4. The summed E-state index contributed by atoms with van der Waals surface area (Å²) in [6, 6.07) is 0. The van der Waals surface area contributed by atoms with Crippen LogP contribution in [0.4, 0.5) is 11.9 Å². The molecule has 6 heteroatoms. The molecule has 25 heavy (non-hydrogen) atoms. The third-order valence-electron chi connectivity index (χ3n) is 4.62. The number of aryl methyl sites for hydroxylation is 1. The average molecular weight is 351 g/mol. The molecule has 0 saturated carbocycles. The lowest BCUT2D eigenvalue weighted by Crippen LogP contribution is -2.39. The Morgan fingerprint density at radius 2 is 1.56 bits per heavy atom. The van der Waals surface area contributed by atoms with E-state index >= 15 is 0 Å². The van der Waals surface area contributed by atoms with E-state index in [1.807, 2.05) is 6.92 Å². The van der Waals surface area contributed by atoms with Gasteiger partial charge in [-0.2, -0.15) is 15.0 Å². The Balaban J connectivity index is 2.58. The summed E-state index contributed by atoms with van der Waals surface area (Å²) in [6.07, 6.45) is 7.98. The van der Waals surface area contributed by atoms with Gasteiger partial charge in [-0.1, -0.05) is 52.9 Å². The molecule has 1 N–H and O–H groups in total. The van der Waals surface area contributed by atoms with Gasteiger partial charge in [0.2, 0.25) is 11.9 Å². The number of aromatic nitrogens is 3. The zero-order valence-corrected chi connectivity index (χ0v) is 17.2. The minimum absolute atomic E-state index is 0.202. The molecule has 1 heterocycles. The molecule has 0 aliphatic carbocycles. The lowest BCUT2D eigenvalue weighted by Gasteiger charge is -2.27. The number of anilines is 2. The van der Waals surface area contributed by atoms with Crippen molar-refractivity contribution in [1.29, 1.82) is 0 Å². The van der Waals surface area contributed by atoms with Crippen LogP contribution in [0, 0.1) is 6.92 Å². The highest BCUT2D eigenvalue weighted by atomic mass is 15.3. The van der Waals surface area contributed by atoms with Crippen LogP contribution in [-0.4, -0.2) is 52.7 Å². The molecule has 144 valence electrons. The maximum absolute atomic E-state index is 4.62. The van der Waals surface area contributed by atoms with Crippen LogP contribution in [0.15, 0.2) is 0 Å². The van der Waals surface area contributed by atoms with Crippen molar-refractivity contribution in [1.82, 2.24) is 19.9 Å². The van der Waals surface area contributed by atoms with Gasteiger partial charge >= 0.3 is 0 Å². The third-order valence-corrected chi connectivity index (χ3v) is 4.62. The Hall–Kier alpha value is -1.43. The Kier molecular flexibility index (Phi) is 10.4. The van der Waals surface area contributed by atoms with Crippen molar-refractivity contribution >= 4 is 11.9 Å². The van der Waals surface area contributed by atoms with Crippen molar-refractivity contribution in [2.45, 2.75) is 79.3 Å². The summed E-state index contributed by atoms with van der Waals surface area (Å²) in [4.78, 5) is 18.0. The van der Waals surface area contributed by atoms with Crippen molar-refractivity contribution in [3.8, 4) is 0 Å². The molecule has 0 saturated heterocycles. The molecule has 0 amide bonds. The first-order valence-electron chi connectivity index (χ1n) is 9.96. The van der Waals surface area contributed by atoms with Gasteiger partial charge in [-0.3, -0.25) is 4.90 Å². The first kappa shape index (κ1) is 21.6. The average Bonchev–Trinajstić information content (AvgIpc) is 2.58. The fourth-order valence-electron chi connectivity index (χ4n) is 2.98. The Labute approximate surface area is 154 Å². The molecule has 0 fully saturated rings. The third kappa shape index (κ3) is 7.99. The molecule has 0 spiro atoms. The van der Waals surface area contributed by atoms with Crippen molar-refractivity contribution in [2.75, 3.05) is 36.9 Å². The molecule has 0 aliphatic rings. The maximum atomic E-state index is 4.62. The molecule has 1 rings (SSSR count). The van der Waals surface area contributed by atoms with Crippen LogP contribution < -0.4 is 10.2 Å². The van der Waals surface area contributed by atoms with Crippen LogP contribution in [0.2, 0.25) is 0 Å². The summed E-state index contributed by atoms with van der Waals surface area (Å²) >= 11 is 0. The van der Waals surface area contributed by atoms with Crippen molar-refractivity contribution in [3.63, 3.8) is 0 Å². The van der Waals surface area contributed by atoms with Crippen LogP contribution in [0.25, 0.3) is 0 Å². The van der Waals surface area contributed by atoms with E-state index in [9.17, 15) is 0 Å². The van der Waals surface area contributed by atoms with E-state index in [1.165, 1.54) is 38.5 Å². The SMILES string of the molecule is CCCCCCCCN(C)c1nc(C)nc(NC(C)N(CC)CC)n1. The van der Waals surface area contributed by atoms with Gasteiger partial charge in [0.05, 0.1) is 6.17 Å². The lowest BCUT2D eigenvalue weighted by atomic mass is 10.1. The second kappa shape index (κ2) is 12.0. The van der Waals surface area contributed by atoms with E-state index in [4.69, 9.17) is 0 Å². The smallest absolute Gasteiger partial charge is 0.230 e. The molecule has 0 aliphatic heterocycles. The molecule has 0 aromatic carbocycles. The fourth-order valence-corrected chi connectivity index (χ4v) is 2.98. The second-order valence-corrected chi connectivity index (χ2v) is 6.74. The summed E-state index contributed by atoms with van der Waals surface area (Å²) in [5, 5.41) is 3.41. The lowest BCUT2D eigenvalue weighted by molar-refractivity contribution is 0.252. The van der Waals surface area contributed by atoms with E-state index in [-0.39, 0.29) is 6.17 Å². The van der Waals surface area contributed by atoms with Crippen LogP contribution in [0.5, 0.6) is 0 Å². The highest BCUT2D eigenvalue weighted by molar-refractivity contribution is 5.36. The number of unbranched alkanes of at least 4 members (excludes halogenated alkanes) is 5. The Bertz CT molecular complexity index is 475. The highest BCUT2D eigenvalue weighted by Gasteiger charge is 2.13. The minimum Gasteiger partial charge on any atom is -0.344 e. The topological polar surface area (TPSA) is 57.2 Å². The molecule has 1 atom stereocenters. The number of nitrogens with zero attached hydrogens (tertiary/aromatic N) is 5. The van der Waals surface area contributed by atoms with E-state index < -0.39 is 0 Å². The molecule has 1 aromatic rings. The van der Waals surface area contributed by atoms with Gasteiger partial charge < -0.3 is 10.2 Å². The van der Waals surface area contributed by atoms with Gasteiger partial charge in [0.1, 0.15) is 5.82 Å². The van der Waals surface area contributed by atoms with Crippen molar-refractivity contribution in [2.24, 2.45) is 0 Å². The molecule has 0 bridgehead atoms. The Morgan fingerprint density at radius 3 is 2.20 bits per heavy atom. The molecule has 1 aromatic heterocycles. The predicted octanol–water partition coefficient (Wildman–Crippen LogP) is 4.08. The number of hydrogen-bond acceptors (Lipinski definition) is 6. The van der Waals surface area contributed by atoms with Crippen LogP contribution in [-0.2, 0) is 0 Å². The van der Waals surface area contributed by atoms with E-state index in [2.05, 4.69) is 64.8 Å². The zero-order valence-electron chi connectivity index (χ0n) is 17.2. The quantitative estimate of drug-likeness (QED) is 0.427. The molecule has 0 radical (unpaired) electrons. The van der Waals surface area contributed by atoms with Gasteiger partial charge in [-0.25, -0.2) is 0 Å². The second-order valence-electron chi connectivity index (χ2n) is 6.74. The van der Waals surface area contributed by atoms with Crippen LogP contribution >= 0.6 is 0 Å². The number of hydrogen-bond donors (Lipinski definition) is 1. The summed E-state index contributed by atoms with van der Waals surface area (Å²) in [6.45, 7) is 13.6. The zero-order chi connectivity index (χ0) is 18.7. The predicted molar refractivity (Wildman–Crippen MR) is 107 cm³/mol. The number of rotatable bonds is 13. The van der Waals surface area contributed by atoms with Crippen molar-refractivity contribution < 1.29 is 0 Å². The largest absolute Gasteiger partial charge is 0.344 e. The van der Waals surface area contributed by atoms with E-state index in [0.717, 1.165) is 31.4 Å². The van der Waals surface area contributed by atoms with Gasteiger partial charge in [-0.15, -0.1) is 0 Å². The molecular formula is C19H38N6. The van der Waals surface area contributed by atoms with Crippen LogP contribution in [0.3, 0.4) is 0 Å². The minimum atomic E-state index is 0.202. The van der Waals surface area contributed by atoms with Crippen molar-refractivity contribution in [3.05, 3.63) is 5.82 Å². The van der Waals surface area contributed by atoms with Gasteiger partial charge in [0, 0.05) is 13.6 Å². The molecular weight excluding hydrogens is 312 g/mol. The summed E-state index contributed by atoms with van der Waals surface area (Å²) in [5.74, 6) is 2.18. The van der Waals surface area contributed by atoms with Gasteiger partial charge in [-0.05, 0) is 33.4 Å². The van der Waals surface area contributed by atoms with E-state index in [0.29, 0.717) is 5.95 Å². The standard InChI is InChI=1S/C19H38N6/c1-7-10-11-12-13-14-15-24(6)19-21-16(4)20-18(23-19)22-17(5)25(8-2)9-3/h17H,7-15H2,1-6H3,(H,20,21,22,23). The summed E-state index contributed by atoms with van der Waals surface area (Å²) < 4.78 is 0. The summed E-state index contributed by atoms with van der Waals surface area (Å²) in [7, 11) is 2.07. The molecule has 1 unspecified atom stereocenters. The highest BCUT2D eigenvalue weighted by Crippen LogP contribution is 2.13. The molecule has 6 nitrogen and oxygen atoms in total. The fraction of sp³-hybridized carbons (Fsp3) is 0.842. The van der Waals surface area contributed by atoms with Crippen LogP contribution in [0.1, 0.15) is 72.0 Å². The van der Waals surface area contributed by atoms with Gasteiger partial charge in [0.25, 0.3) is 0 Å². The first-order chi connectivity index (χ1) is 12.0. The maximum Gasteiger partial charge on any atom is 0.230 e. The Morgan fingerprint density at radius 1 is 0.920 bits per heavy atom. The van der Waals surface area contributed by atoms with Gasteiger partial charge in [0.15, 0.2) is 0 Å². The number of nitrogens with one attached hydrogen (secondary N) is 1. The monoisotopic (exact) mass is 350 g/mol. The first-order valence-corrected chi connectivity index (χ1v) is 9.96. The summed E-state index contributed by atoms with van der Waals surface area (Å²) in [5.41, 5.74) is 0. The van der Waals surface area contributed by atoms with E-state index in [1.54, 1.807) is 0 Å².